The average molecular weight is 394 g/mol. The van der Waals surface area contributed by atoms with Gasteiger partial charge < -0.3 is 19.3 Å². The van der Waals surface area contributed by atoms with Crippen LogP contribution in [0.1, 0.15) is 51.9 Å². The molecule has 2 aliphatic rings. The Morgan fingerprint density at radius 3 is 2.54 bits per heavy atom. The molecule has 3 atom stereocenters. The minimum atomic E-state index is -1.03. The standard InChI is InChI=1S/C21H30O7/c1-15(2)19(24)26-12-8-4-3-6-10-21(20(25)28-14-16-13-27-16)11-7-5-9-17(21)18(22)23/h5,7,16-17H,1,3-4,6,8-14H2,2H3,(H,22,23). The lowest BCUT2D eigenvalue weighted by atomic mass is 9.65. The van der Waals surface area contributed by atoms with E-state index in [4.69, 9.17) is 14.2 Å². The zero-order valence-corrected chi connectivity index (χ0v) is 16.5. The fourth-order valence-electron chi connectivity index (χ4n) is 3.50. The highest BCUT2D eigenvalue weighted by atomic mass is 16.6. The first-order chi connectivity index (χ1) is 13.4. The van der Waals surface area contributed by atoms with Crippen molar-refractivity contribution >= 4 is 17.9 Å². The van der Waals surface area contributed by atoms with Crippen LogP contribution in [0.25, 0.3) is 0 Å². The Morgan fingerprint density at radius 2 is 1.89 bits per heavy atom. The Hall–Kier alpha value is -2.15. The Kier molecular flexibility index (Phi) is 8.23. The first-order valence-electron chi connectivity index (χ1n) is 9.86. The second kappa shape index (κ2) is 10.4. The Labute approximate surface area is 165 Å². The van der Waals surface area contributed by atoms with Crippen LogP contribution in [-0.2, 0) is 28.6 Å². The first-order valence-corrected chi connectivity index (χ1v) is 9.86. The maximum absolute atomic E-state index is 12.8. The first kappa shape index (κ1) is 22.1. The molecule has 7 heteroatoms. The largest absolute Gasteiger partial charge is 0.481 e. The van der Waals surface area contributed by atoms with Crippen molar-refractivity contribution in [3.63, 3.8) is 0 Å². The number of ether oxygens (including phenoxy) is 3. The SMILES string of the molecule is C=C(C)C(=O)OCCCCCCC1(C(=O)OCC2CO2)CC=CCC1C(=O)O. The van der Waals surface area contributed by atoms with Gasteiger partial charge >= 0.3 is 17.9 Å². The van der Waals surface area contributed by atoms with Crippen molar-refractivity contribution in [2.75, 3.05) is 19.8 Å². The quantitative estimate of drug-likeness (QED) is 0.178. The molecule has 0 aromatic carbocycles. The summed E-state index contributed by atoms with van der Waals surface area (Å²) in [5.74, 6) is -2.56. The molecule has 1 saturated heterocycles. The van der Waals surface area contributed by atoms with Gasteiger partial charge in [-0.3, -0.25) is 9.59 Å². The van der Waals surface area contributed by atoms with E-state index in [2.05, 4.69) is 6.58 Å². The number of carboxylic acid groups (broad SMARTS) is 1. The molecular weight excluding hydrogens is 364 g/mol. The van der Waals surface area contributed by atoms with E-state index in [-0.39, 0.29) is 18.7 Å². The summed E-state index contributed by atoms with van der Waals surface area (Å²) in [6, 6.07) is 0. The smallest absolute Gasteiger partial charge is 0.333 e. The van der Waals surface area contributed by atoms with Gasteiger partial charge in [0.25, 0.3) is 0 Å². The Bertz CT molecular complexity index is 620. The predicted octanol–water partition coefficient (Wildman–Crippen LogP) is 3.04. The summed E-state index contributed by atoms with van der Waals surface area (Å²) in [6.45, 7) is 6.24. The van der Waals surface area contributed by atoms with Crippen molar-refractivity contribution < 1.29 is 33.7 Å². The van der Waals surface area contributed by atoms with Gasteiger partial charge in [-0.05, 0) is 32.6 Å². The molecule has 0 aromatic rings. The number of unbranched alkanes of at least 4 members (excludes halogenated alkanes) is 3. The van der Waals surface area contributed by atoms with Gasteiger partial charge in [0.05, 0.1) is 24.5 Å². The number of rotatable bonds is 12. The van der Waals surface area contributed by atoms with Crippen LogP contribution in [0.5, 0.6) is 0 Å². The van der Waals surface area contributed by atoms with E-state index in [1.807, 2.05) is 12.2 Å². The van der Waals surface area contributed by atoms with Crippen LogP contribution in [0.4, 0.5) is 0 Å². The van der Waals surface area contributed by atoms with E-state index in [0.717, 1.165) is 19.3 Å². The summed E-state index contributed by atoms with van der Waals surface area (Å²) < 4.78 is 15.5. The molecule has 1 aliphatic heterocycles. The van der Waals surface area contributed by atoms with E-state index in [0.29, 0.717) is 44.5 Å². The maximum Gasteiger partial charge on any atom is 0.333 e. The summed E-state index contributed by atoms with van der Waals surface area (Å²) in [6.07, 6.45) is 7.91. The third-order valence-corrected chi connectivity index (χ3v) is 5.29. The number of carboxylic acids is 1. The molecule has 0 saturated carbocycles. The number of esters is 2. The van der Waals surface area contributed by atoms with E-state index in [9.17, 15) is 19.5 Å². The number of allylic oxidation sites excluding steroid dienone is 2. The van der Waals surface area contributed by atoms with Gasteiger partial charge in [0, 0.05) is 5.57 Å². The van der Waals surface area contributed by atoms with Crippen LogP contribution in [-0.4, -0.2) is 48.9 Å². The fourth-order valence-corrected chi connectivity index (χ4v) is 3.50. The number of carbonyl (C=O) groups is 3. The predicted molar refractivity (Wildman–Crippen MR) is 101 cm³/mol. The van der Waals surface area contributed by atoms with Gasteiger partial charge in [-0.15, -0.1) is 0 Å². The molecule has 0 radical (unpaired) electrons. The second-order valence-corrected chi connectivity index (χ2v) is 7.59. The Balaban J connectivity index is 1.84. The molecule has 1 aliphatic carbocycles. The van der Waals surface area contributed by atoms with Crippen LogP contribution in [0.15, 0.2) is 24.3 Å². The molecule has 1 heterocycles. The van der Waals surface area contributed by atoms with Crippen molar-refractivity contribution in [3.05, 3.63) is 24.3 Å². The van der Waals surface area contributed by atoms with Crippen LogP contribution in [0.2, 0.25) is 0 Å². The van der Waals surface area contributed by atoms with E-state index < -0.39 is 23.3 Å². The summed E-state index contributed by atoms with van der Waals surface area (Å²) in [5, 5.41) is 9.66. The van der Waals surface area contributed by atoms with E-state index in [1.54, 1.807) is 6.92 Å². The van der Waals surface area contributed by atoms with Gasteiger partial charge in [0.15, 0.2) is 0 Å². The highest BCUT2D eigenvalue weighted by molar-refractivity contribution is 5.87. The highest BCUT2D eigenvalue weighted by Gasteiger charge is 2.50. The van der Waals surface area contributed by atoms with Crippen molar-refractivity contribution in [3.8, 4) is 0 Å². The average Bonchev–Trinajstić information content (AvgIpc) is 3.49. The summed E-state index contributed by atoms with van der Waals surface area (Å²) in [4.78, 5) is 36.0. The lowest BCUT2D eigenvalue weighted by molar-refractivity contribution is -0.169. The zero-order chi connectivity index (χ0) is 20.6. The van der Waals surface area contributed by atoms with Gasteiger partial charge in [-0.25, -0.2) is 4.79 Å². The number of carbonyl (C=O) groups excluding carboxylic acids is 2. The van der Waals surface area contributed by atoms with Crippen LogP contribution in [0, 0.1) is 11.3 Å². The molecular formula is C21H30O7. The number of hydrogen-bond acceptors (Lipinski definition) is 6. The molecule has 7 nitrogen and oxygen atoms in total. The number of aliphatic carboxylic acids is 1. The lowest BCUT2D eigenvalue weighted by Gasteiger charge is -2.37. The third kappa shape index (κ3) is 6.19. The topological polar surface area (TPSA) is 102 Å². The minimum absolute atomic E-state index is 0.0506. The van der Waals surface area contributed by atoms with Crippen molar-refractivity contribution in [1.29, 1.82) is 0 Å². The molecule has 0 bridgehead atoms. The monoisotopic (exact) mass is 394 g/mol. The lowest BCUT2D eigenvalue weighted by Crippen LogP contribution is -2.45. The van der Waals surface area contributed by atoms with Crippen molar-refractivity contribution in [2.45, 2.75) is 58.0 Å². The normalized spacial score (nSPS) is 25.8. The van der Waals surface area contributed by atoms with Gasteiger partial charge in [-0.2, -0.15) is 0 Å². The summed E-state index contributed by atoms with van der Waals surface area (Å²) in [5.41, 5.74) is -0.649. The second-order valence-electron chi connectivity index (χ2n) is 7.59. The third-order valence-electron chi connectivity index (χ3n) is 5.29. The molecule has 0 amide bonds. The molecule has 0 aromatic heterocycles. The van der Waals surface area contributed by atoms with Crippen LogP contribution >= 0.6 is 0 Å². The molecule has 0 spiro atoms. The number of epoxide rings is 1. The van der Waals surface area contributed by atoms with Gasteiger partial charge in [0.2, 0.25) is 0 Å². The molecule has 156 valence electrons. The van der Waals surface area contributed by atoms with E-state index in [1.165, 1.54) is 0 Å². The van der Waals surface area contributed by atoms with Gasteiger partial charge in [0.1, 0.15) is 12.7 Å². The maximum atomic E-state index is 12.8. The zero-order valence-electron chi connectivity index (χ0n) is 16.5. The molecule has 1 fully saturated rings. The van der Waals surface area contributed by atoms with Crippen LogP contribution in [0.3, 0.4) is 0 Å². The fraction of sp³-hybridized carbons (Fsp3) is 0.667. The molecule has 1 N–H and O–H groups in total. The summed E-state index contributed by atoms with van der Waals surface area (Å²) >= 11 is 0. The molecule has 28 heavy (non-hydrogen) atoms. The van der Waals surface area contributed by atoms with Gasteiger partial charge in [-0.1, -0.05) is 38.0 Å². The van der Waals surface area contributed by atoms with E-state index >= 15 is 0 Å². The van der Waals surface area contributed by atoms with Crippen LogP contribution < -0.4 is 0 Å². The highest BCUT2D eigenvalue weighted by Crippen LogP contribution is 2.44. The molecule has 2 rings (SSSR count). The van der Waals surface area contributed by atoms with Crippen molar-refractivity contribution in [1.82, 2.24) is 0 Å². The Morgan fingerprint density at radius 1 is 1.18 bits per heavy atom. The minimum Gasteiger partial charge on any atom is -0.481 e. The number of hydrogen-bond donors (Lipinski definition) is 1. The molecule has 3 unspecified atom stereocenters. The van der Waals surface area contributed by atoms with Crippen molar-refractivity contribution in [2.24, 2.45) is 11.3 Å². The summed E-state index contributed by atoms with van der Waals surface area (Å²) in [7, 11) is 0.